The summed E-state index contributed by atoms with van der Waals surface area (Å²) in [5.74, 6) is 1.27. The second-order valence-corrected chi connectivity index (χ2v) is 4.25. The molecule has 3 heterocycles. The molecule has 9 heteroatoms. The average molecular weight is 305 g/mol. The molecule has 8 nitrogen and oxygen atoms in total. The fourth-order valence-electron chi connectivity index (χ4n) is 1.58. The van der Waals surface area contributed by atoms with Crippen molar-refractivity contribution in [1.82, 2.24) is 29.9 Å². The quantitative estimate of drug-likeness (QED) is 0.681. The molecule has 0 amide bonds. The number of methoxy groups -OCH3 is 1. The Labute approximate surface area is 124 Å². The lowest BCUT2D eigenvalue weighted by molar-refractivity contribution is 0.398. The van der Waals surface area contributed by atoms with E-state index in [1.807, 2.05) is 0 Å². The van der Waals surface area contributed by atoms with E-state index in [1.165, 1.54) is 18.2 Å². The van der Waals surface area contributed by atoms with Crippen LogP contribution in [0.2, 0.25) is 5.15 Å². The highest BCUT2D eigenvalue weighted by molar-refractivity contribution is 6.29. The minimum Gasteiger partial charge on any atom is -0.481 e. The molecule has 0 radical (unpaired) electrons. The molecule has 0 spiro atoms. The third-order valence-electron chi connectivity index (χ3n) is 2.49. The third-order valence-corrected chi connectivity index (χ3v) is 2.69. The van der Waals surface area contributed by atoms with Crippen molar-refractivity contribution in [3.05, 3.63) is 35.9 Å². The summed E-state index contributed by atoms with van der Waals surface area (Å²) < 4.78 is 11.6. The number of nitrogens with zero attached hydrogens (tertiary/aromatic N) is 6. The zero-order chi connectivity index (χ0) is 14.7. The zero-order valence-electron chi connectivity index (χ0n) is 10.8. The molecule has 0 bridgehead atoms. The van der Waals surface area contributed by atoms with Gasteiger partial charge in [-0.05, 0) is 6.07 Å². The van der Waals surface area contributed by atoms with E-state index in [2.05, 4.69) is 25.3 Å². The zero-order valence-corrected chi connectivity index (χ0v) is 11.6. The van der Waals surface area contributed by atoms with Gasteiger partial charge in [0.15, 0.2) is 5.82 Å². The van der Waals surface area contributed by atoms with Crippen molar-refractivity contribution in [2.24, 2.45) is 0 Å². The van der Waals surface area contributed by atoms with Crippen LogP contribution in [0.4, 0.5) is 0 Å². The summed E-state index contributed by atoms with van der Waals surface area (Å²) in [6, 6.07) is 3.36. The highest BCUT2D eigenvalue weighted by atomic mass is 35.5. The Balaban J connectivity index is 1.86. The first-order chi connectivity index (χ1) is 10.2. The summed E-state index contributed by atoms with van der Waals surface area (Å²) in [7, 11) is 1.52. The van der Waals surface area contributed by atoms with Crippen molar-refractivity contribution < 1.29 is 9.15 Å². The molecule has 0 atom stereocenters. The summed E-state index contributed by atoms with van der Waals surface area (Å²) in [6.07, 6.45) is 6.05. The van der Waals surface area contributed by atoms with E-state index < -0.39 is 0 Å². The van der Waals surface area contributed by atoms with Crippen LogP contribution in [0.1, 0.15) is 5.89 Å². The van der Waals surface area contributed by atoms with E-state index in [-0.39, 0.29) is 0 Å². The van der Waals surface area contributed by atoms with Gasteiger partial charge < -0.3 is 9.15 Å². The average Bonchev–Trinajstić information content (AvgIpc) is 3.15. The van der Waals surface area contributed by atoms with Crippen LogP contribution in [-0.4, -0.2) is 37.1 Å². The first kappa shape index (κ1) is 13.3. The Kier molecular flexibility index (Phi) is 3.61. The molecular weight excluding hydrogens is 296 g/mol. The van der Waals surface area contributed by atoms with Crippen molar-refractivity contribution >= 4 is 23.9 Å². The van der Waals surface area contributed by atoms with Crippen molar-refractivity contribution in [3.63, 3.8) is 0 Å². The Morgan fingerprint density at radius 2 is 2.29 bits per heavy atom. The van der Waals surface area contributed by atoms with Crippen LogP contribution in [0.5, 0.6) is 5.88 Å². The van der Waals surface area contributed by atoms with Crippen LogP contribution < -0.4 is 4.74 Å². The van der Waals surface area contributed by atoms with E-state index in [1.54, 1.807) is 30.7 Å². The number of pyridine rings is 1. The maximum Gasteiger partial charge on any atom is 0.241 e. The summed E-state index contributed by atoms with van der Waals surface area (Å²) >= 11 is 5.92. The van der Waals surface area contributed by atoms with Crippen LogP contribution in [0, 0.1) is 0 Å². The lowest BCUT2D eigenvalue weighted by Gasteiger charge is -2.01. The maximum atomic E-state index is 5.92. The molecule has 0 aliphatic rings. The predicted octanol–water partition coefficient (Wildman–Crippen LogP) is 2.01. The lowest BCUT2D eigenvalue weighted by atomic mass is 10.2. The smallest absolute Gasteiger partial charge is 0.241 e. The Bertz CT molecular complexity index is 768. The molecule has 0 unspecified atom stereocenters. The molecule has 0 saturated carbocycles. The third kappa shape index (κ3) is 3.06. The molecule has 3 aromatic rings. The molecule has 0 aliphatic carbocycles. The fourth-order valence-corrected chi connectivity index (χ4v) is 1.78. The fraction of sp³-hybridized carbons (Fsp3) is 0.0833. The second-order valence-electron chi connectivity index (χ2n) is 3.86. The van der Waals surface area contributed by atoms with Crippen LogP contribution in [0.15, 0.2) is 29.3 Å². The van der Waals surface area contributed by atoms with Crippen LogP contribution in [0.25, 0.3) is 23.7 Å². The largest absolute Gasteiger partial charge is 0.481 e. The summed E-state index contributed by atoms with van der Waals surface area (Å²) in [4.78, 5) is 8.19. The normalized spacial score (nSPS) is 11.1. The molecule has 21 heavy (non-hydrogen) atoms. The number of halogens is 1. The molecule has 3 rings (SSSR count). The Hall–Kier alpha value is -2.74. The molecule has 106 valence electrons. The van der Waals surface area contributed by atoms with Gasteiger partial charge in [0.1, 0.15) is 11.5 Å². The summed E-state index contributed by atoms with van der Waals surface area (Å²) in [5, 5.41) is 11.9. The van der Waals surface area contributed by atoms with Crippen molar-refractivity contribution in [1.29, 1.82) is 0 Å². The molecular formula is C12H9ClN6O2. The first-order valence-corrected chi connectivity index (χ1v) is 6.20. The van der Waals surface area contributed by atoms with Gasteiger partial charge in [-0.3, -0.25) is 0 Å². The monoisotopic (exact) mass is 304 g/mol. The summed E-state index contributed by atoms with van der Waals surface area (Å²) in [6.45, 7) is 0. The summed E-state index contributed by atoms with van der Waals surface area (Å²) in [5.41, 5.74) is 0.705. The van der Waals surface area contributed by atoms with Gasteiger partial charge in [0.05, 0.1) is 7.11 Å². The number of rotatable bonds is 4. The molecule has 0 aliphatic heterocycles. The Morgan fingerprint density at radius 3 is 3.05 bits per heavy atom. The SMILES string of the molecule is COc1cc(-c2ncn(/C=C\c3nnco3)n2)cc(Cl)n1. The van der Waals surface area contributed by atoms with E-state index in [9.17, 15) is 0 Å². The van der Waals surface area contributed by atoms with Gasteiger partial charge in [0.2, 0.25) is 18.2 Å². The molecule has 3 aromatic heterocycles. The van der Waals surface area contributed by atoms with E-state index in [4.69, 9.17) is 20.8 Å². The standard InChI is InChI=1S/C12H9ClN6O2/c1-20-11-5-8(4-9(13)16-11)12-14-6-19(18-12)3-2-10-17-15-7-21-10/h2-7H,1H3/b3-2-. The molecule has 0 N–H and O–H groups in total. The highest BCUT2D eigenvalue weighted by Gasteiger charge is 2.08. The number of hydrogen-bond acceptors (Lipinski definition) is 7. The van der Waals surface area contributed by atoms with Gasteiger partial charge in [-0.2, -0.15) is 0 Å². The van der Waals surface area contributed by atoms with Gasteiger partial charge in [0.25, 0.3) is 0 Å². The van der Waals surface area contributed by atoms with E-state index in [0.717, 1.165) is 0 Å². The molecule has 0 saturated heterocycles. The lowest BCUT2D eigenvalue weighted by Crippen LogP contribution is -1.91. The number of aromatic nitrogens is 6. The maximum absolute atomic E-state index is 5.92. The van der Waals surface area contributed by atoms with E-state index in [0.29, 0.717) is 28.3 Å². The van der Waals surface area contributed by atoms with Crippen molar-refractivity contribution in [2.75, 3.05) is 7.11 Å². The van der Waals surface area contributed by atoms with Gasteiger partial charge in [-0.1, -0.05) is 11.6 Å². The van der Waals surface area contributed by atoms with Crippen molar-refractivity contribution in [3.8, 4) is 17.3 Å². The Morgan fingerprint density at radius 1 is 1.38 bits per heavy atom. The van der Waals surface area contributed by atoms with E-state index >= 15 is 0 Å². The highest BCUT2D eigenvalue weighted by Crippen LogP contribution is 2.22. The van der Waals surface area contributed by atoms with Crippen LogP contribution in [0.3, 0.4) is 0 Å². The minimum atomic E-state index is 0.308. The number of hydrogen-bond donors (Lipinski definition) is 0. The first-order valence-electron chi connectivity index (χ1n) is 5.82. The second kappa shape index (κ2) is 5.71. The van der Waals surface area contributed by atoms with Crippen LogP contribution >= 0.6 is 11.6 Å². The van der Waals surface area contributed by atoms with Gasteiger partial charge in [-0.15, -0.1) is 15.3 Å². The van der Waals surface area contributed by atoms with Gasteiger partial charge in [0, 0.05) is 23.9 Å². The van der Waals surface area contributed by atoms with Crippen LogP contribution in [-0.2, 0) is 0 Å². The topological polar surface area (TPSA) is 91.8 Å². The van der Waals surface area contributed by atoms with Crippen molar-refractivity contribution in [2.45, 2.75) is 0 Å². The predicted molar refractivity (Wildman–Crippen MR) is 74.3 cm³/mol. The number of ether oxygens (including phenoxy) is 1. The molecule has 0 fully saturated rings. The minimum absolute atomic E-state index is 0.308. The molecule has 0 aromatic carbocycles. The van der Waals surface area contributed by atoms with Gasteiger partial charge >= 0.3 is 0 Å². The van der Waals surface area contributed by atoms with Gasteiger partial charge in [-0.25, -0.2) is 14.6 Å².